The highest BCUT2D eigenvalue weighted by Gasteiger charge is 2.52. The first-order chi connectivity index (χ1) is 7.63. The zero-order valence-electron chi connectivity index (χ0n) is 9.71. The van der Waals surface area contributed by atoms with E-state index in [-0.39, 0.29) is 5.41 Å². The molecule has 0 amide bonds. The Kier molecular flexibility index (Phi) is 1.94. The van der Waals surface area contributed by atoms with E-state index in [0.717, 1.165) is 30.8 Å². The van der Waals surface area contributed by atoms with Crippen LogP contribution in [0.3, 0.4) is 0 Å². The van der Waals surface area contributed by atoms with E-state index in [1.54, 1.807) is 6.92 Å². The molecule has 0 saturated heterocycles. The fraction of sp³-hybridized carbons (Fsp3) is 0.615. The molecule has 1 saturated carbocycles. The van der Waals surface area contributed by atoms with Crippen molar-refractivity contribution >= 4 is 5.78 Å². The monoisotopic (exact) mass is 220 g/mol. The Morgan fingerprint density at radius 1 is 1.44 bits per heavy atom. The Morgan fingerprint density at radius 3 is 2.81 bits per heavy atom. The van der Waals surface area contributed by atoms with Crippen LogP contribution in [0.1, 0.15) is 33.1 Å². The zero-order valence-corrected chi connectivity index (χ0v) is 9.71. The highest BCUT2D eigenvalue weighted by Crippen LogP contribution is 2.57. The normalized spacial score (nSPS) is 30.1. The predicted octanol–water partition coefficient (Wildman–Crippen LogP) is 2.54. The molecular formula is C13H16O3. The molecule has 0 spiro atoms. The van der Waals surface area contributed by atoms with Crippen LogP contribution in [-0.4, -0.2) is 12.6 Å². The number of ketones is 1. The van der Waals surface area contributed by atoms with Crippen LogP contribution in [0, 0.1) is 11.3 Å². The first kappa shape index (κ1) is 9.94. The van der Waals surface area contributed by atoms with Crippen molar-refractivity contribution < 1.29 is 14.3 Å². The molecule has 1 fully saturated rings. The zero-order chi connectivity index (χ0) is 11.3. The average Bonchev–Trinajstić information content (AvgIpc) is 2.92. The maximum atomic E-state index is 11.7. The van der Waals surface area contributed by atoms with Crippen molar-refractivity contribution in [2.45, 2.75) is 33.1 Å². The third kappa shape index (κ3) is 1.24. The van der Waals surface area contributed by atoms with Gasteiger partial charge in [0.1, 0.15) is 11.5 Å². The molecule has 0 aromatic heterocycles. The summed E-state index contributed by atoms with van der Waals surface area (Å²) < 4.78 is 10.8. The Bertz CT molecular complexity index is 413. The molecule has 1 atom stereocenters. The SMILES string of the molecule is CC(=O)C1(C2=CC3=C(CC2C)OCO3)CC1. The second-order valence-corrected chi connectivity index (χ2v) is 5.04. The van der Waals surface area contributed by atoms with Crippen LogP contribution >= 0.6 is 0 Å². The van der Waals surface area contributed by atoms with Crippen LogP contribution in [0.2, 0.25) is 0 Å². The van der Waals surface area contributed by atoms with Gasteiger partial charge in [0, 0.05) is 6.42 Å². The van der Waals surface area contributed by atoms with E-state index < -0.39 is 0 Å². The van der Waals surface area contributed by atoms with Crippen LogP contribution < -0.4 is 0 Å². The maximum Gasteiger partial charge on any atom is 0.230 e. The Morgan fingerprint density at radius 2 is 2.19 bits per heavy atom. The molecule has 0 aromatic carbocycles. The van der Waals surface area contributed by atoms with Gasteiger partial charge in [-0.15, -0.1) is 0 Å². The van der Waals surface area contributed by atoms with Crippen molar-refractivity contribution in [2.75, 3.05) is 6.79 Å². The lowest BCUT2D eigenvalue weighted by atomic mass is 9.79. The van der Waals surface area contributed by atoms with Gasteiger partial charge < -0.3 is 9.47 Å². The van der Waals surface area contributed by atoms with Gasteiger partial charge in [-0.3, -0.25) is 4.79 Å². The minimum Gasteiger partial charge on any atom is -0.458 e. The molecule has 1 heterocycles. The number of allylic oxidation sites excluding steroid dienone is 3. The van der Waals surface area contributed by atoms with E-state index in [4.69, 9.17) is 9.47 Å². The number of Topliss-reactive ketones (excluding diaryl/α,β-unsaturated/α-hetero) is 1. The average molecular weight is 220 g/mol. The van der Waals surface area contributed by atoms with Crippen molar-refractivity contribution in [1.82, 2.24) is 0 Å². The molecule has 3 heteroatoms. The molecule has 0 aromatic rings. The molecule has 0 bridgehead atoms. The van der Waals surface area contributed by atoms with Crippen LogP contribution in [-0.2, 0) is 14.3 Å². The second kappa shape index (κ2) is 3.12. The third-order valence-electron chi connectivity index (χ3n) is 4.01. The summed E-state index contributed by atoms with van der Waals surface area (Å²) in [7, 11) is 0. The predicted molar refractivity (Wildman–Crippen MR) is 58.3 cm³/mol. The molecule has 3 aliphatic rings. The number of hydrogen-bond donors (Lipinski definition) is 0. The van der Waals surface area contributed by atoms with Crippen LogP contribution in [0.25, 0.3) is 0 Å². The van der Waals surface area contributed by atoms with Gasteiger partial charge in [-0.1, -0.05) is 6.92 Å². The molecule has 1 unspecified atom stereocenters. The Balaban J connectivity index is 1.98. The summed E-state index contributed by atoms with van der Waals surface area (Å²) in [5, 5.41) is 0. The third-order valence-corrected chi connectivity index (χ3v) is 4.01. The van der Waals surface area contributed by atoms with Crippen LogP contribution in [0.4, 0.5) is 0 Å². The van der Waals surface area contributed by atoms with E-state index in [0.29, 0.717) is 18.5 Å². The molecule has 86 valence electrons. The number of ether oxygens (including phenoxy) is 2. The van der Waals surface area contributed by atoms with E-state index in [1.807, 2.05) is 6.08 Å². The largest absolute Gasteiger partial charge is 0.458 e. The first-order valence-electron chi connectivity index (χ1n) is 5.85. The second-order valence-electron chi connectivity index (χ2n) is 5.04. The van der Waals surface area contributed by atoms with Gasteiger partial charge >= 0.3 is 0 Å². The van der Waals surface area contributed by atoms with Crippen molar-refractivity contribution in [1.29, 1.82) is 0 Å². The molecule has 3 rings (SSSR count). The van der Waals surface area contributed by atoms with Gasteiger partial charge in [-0.25, -0.2) is 0 Å². The maximum absolute atomic E-state index is 11.7. The molecule has 3 nitrogen and oxygen atoms in total. The Hall–Kier alpha value is -1.25. The highest BCUT2D eigenvalue weighted by molar-refractivity contribution is 5.88. The lowest BCUT2D eigenvalue weighted by Crippen LogP contribution is -2.22. The summed E-state index contributed by atoms with van der Waals surface area (Å²) in [6.07, 6.45) is 4.92. The van der Waals surface area contributed by atoms with E-state index >= 15 is 0 Å². The van der Waals surface area contributed by atoms with Gasteiger partial charge in [-0.2, -0.15) is 0 Å². The lowest BCUT2D eigenvalue weighted by molar-refractivity contribution is -0.121. The van der Waals surface area contributed by atoms with Gasteiger partial charge in [-0.05, 0) is 37.3 Å². The van der Waals surface area contributed by atoms with Crippen molar-refractivity contribution in [3.05, 3.63) is 23.2 Å². The van der Waals surface area contributed by atoms with Gasteiger partial charge in [0.15, 0.2) is 5.76 Å². The number of carbonyl (C=O) groups is 1. The quantitative estimate of drug-likeness (QED) is 0.717. The first-order valence-corrected chi connectivity index (χ1v) is 5.85. The van der Waals surface area contributed by atoms with Crippen molar-refractivity contribution in [3.63, 3.8) is 0 Å². The molecule has 0 N–H and O–H groups in total. The van der Waals surface area contributed by atoms with Gasteiger partial charge in [0.25, 0.3) is 0 Å². The molecular weight excluding hydrogens is 204 g/mol. The summed E-state index contributed by atoms with van der Waals surface area (Å²) in [6.45, 7) is 4.20. The van der Waals surface area contributed by atoms with E-state index in [2.05, 4.69) is 6.92 Å². The smallest absolute Gasteiger partial charge is 0.230 e. The van der Waals surface area contributed by atoms with Crippen molar-refractivity contribution in [3.8, 4) is 0 Å². The van der Waals surface area contributed by atoms with Crippen molar-refractivity contribution in [2.24, 2.45) is 11.3 Å². The molecule has 0 radical (unpaired) electrons. The number of rotatable bonds is 2. The summed E-state index contributed by atoms with van der Waals surface area (Å²) in [5.41, 5.74) is 1.09. The van der Waals surface area contributed by atoms with Crippen LogP contribution in [0.15, 0.2) is 23.2 Å². The molecule has 1 aliphatic heterocycles. The van der Waals surface area contributed by atoms with Gasteiger partial charge in [0.2, 0.25) is 6.79 Å². The summed E-state index contributed by atoms with van der Waals surface area (Å²) >= 11 is 0. The molecule has 2 aliphatic carbocycles. The number of hydrogen-bond acceptors (Lipinski definition) is 3. The minimum atomic E-state index is -0.163. The standard InChI is InChI=1S/C13H16O3/c1-8-5-11-12(16-7-15-11)6-10(8)13(3-4-13)9(2)14/h6,8H,3-5,7H2,1-2H3. The minimum absolute atomic E-state index is 0.163. The summed E-state index contributed by atoms with van der Waals surface area (Å²) in [4.78, 5) is 11.7. The fourth-order valence-corrected chi connectivity index (χ4v) is 2.85. The van der Waals surface area contributed by atoms with Crippen LogP contribution in [0.5, 0.6) is 0 Å². The van der Waals surface area contributed by atoms with E-state index in [1.165, 1.54) is 5.57 Å². The highest BCUT2D eigenvalue weighted by atomic mass is 16.7. The molecule has 16 heavy (non-hydrogen) atoms. The fourth-order valence-electron chi connectivity index (χ4n) is 2.85. The Labute approximate surface area is 95.1 Å². The summed E-state index contributed by atoms with van der Waals surface area (Å²) in [5.74, 6) is 2.50. The van der Waals surface area contributed by atoms with Gasteiger partial charge in [0.05, 0.1) is 5.41 Å². The lowest BCUT2D eigenvalue weighted by Gasteiger charge is -2.26. The van der Waals surface area contributed by atoms with E-state index in [9.17, 15) is 4.79 Å². The number of carbonyl (C=O) groups excluding carboxylic acids is 1. The topological polar surface area (TPSA) is 35.5 Å². The summed E-state index contributed by atoms with van der Waals surface area (Å²) in [6, 6.07) is 0.